The van der Waals surface area contributed by atoms with Crippen molar-refractivity contribution in [2.75, 3.05) is 7.11 Å². The van der Waals surface area contributed by atoms with Crippen LogP contribution in [0.15, 0.2) is 28.4 Å². The minimum Gasteiger partial charge on any atom is -0.493 e. The average molecular weight is 276 g/mol. The number of ether oxygens (including phenoxy) is 2. The van der Waals surface area contributed by atoms with Crippen LogP contribution in [0.5, 0.6) is 11.5 Å². The lowest BCUT2D eigenvalue weighted by Crippen LogP contribution is -2.21. The molecule has 1 aromatic rings. The van der Waals surface area contributed by atoms with Crippen LogP contribution in [-0.2, 0) is 4.79 Å². The highest BCUT2D eigenvalue weighted by Gasteiger charge is 2.32. The van der Waals surface area contributed by atoms with E-state index in [0.29, 0.717) is 11.5 Å². The second-order valence-corrected chi connectivity index (χ2v) is 4.38. The highest BCUT2D eigenvalue weighted by atomic mass is 16.6. The van der Waals surface area contributed by atoms with E-state index in [4.69, 9.17) is 20.9 Å². The molecule has 0 aromatic heterocycles. The van der Waals surface area contributed by atoms with Gasteiger partial charge in [0.1, 0.15) is 0 Å². The molecule has 0 unspecified atom stereocenters. The van der Waals surface area contributed by atoms with Crippen molar-refractivity contribution in [2.45, 2.75) is 12.8 Å². The fourth-order valence-corrected chi connectivity index (χ4v) is 1.52. The van der Waals surface area contributed by atoms with E-state index in [9.17, 15) is 4.79 Å². The summed E-state index contributed by atoms with van der Waals surface area (Å²) in [5, 5.41) is 7.19. The molecule has 0 heterocycles. The first-order valence-electron chi connectivity index (χ1n) is 6.12. The number of nitrogens with zero attached hydrogens (tertiary/aromatic N) is 2. The third-order valence-electron chi connectivity index (χ3n) is 2.69. The Balaban J connectivity index is 2.12. The average Bonchev–Trinajstić information content (AvgIpc) is 3.24. The number of hydrogen-bond donors (Lipinski definition) is 2. The van der Waals surface area contributed by atoms with Gasteiger partial charge in [0.05, 0.1) is 19.2 Å². The Bertz CT molecular complexity index is 561. The molecule has 0 aliphatic heterocycles. The first-order valence-corrected chi connectivity index (χ1v) is 6.12. The van der Waals surface area contributed by atoms with Crippen LogP contribution in [0, 0.1) is 5.92 Å². The van der Waals surface area contributed by atoms with Gasteiger partial charge in [-0.3, -0.25) is 4.79 Å². The minimum atomic E-state index is -0.217. The Morgan fingerprint density at radius 1 is 1.35 bits per heavy atom. The Kier molecular flexibility index (Phi) is 4.19. The van der Waals surface area contributed by atoms with Crippen LogP contribution < -0.4 is 20.9 Å². The zero-order valence-electron chi connectivity index (χ0n) is 11.1. The van der Waals surface area contributed by atoms with Gasteiger partial charge in [0, 0.05) is 0 Å². The van der Waals surface area contributed by atoms with E-state index in [1.807, 2.05) is 0 Å². The molecule has 0 atom stereocenters. The van der Waals surface area contributed by atoms with E-state index in [-0.39, 0.29) is 17.8 Å². The predicted octanol–water partition coefficient (Wildman–Crippen LogP) is 0.618. The summed E-state index contributed by atoms with van der Waals surface area (Å²) in [5.74, 6) is 0.535. The van der Waals surface area contributed by atoms with E-state index < -0.39 is 0 Å². The van der Waals surface area contributed by atoms with Gasteiger partial charge in [-0.25, -0.2) is 0 Å². The molecule has 1 fully saturated rings. The lowest BCUT2D eigenvalue weighted by Gasteiger charge is -2.09. The molecule has 0 radical (unpaired) electrons. The summed E-state index contributed by atoms with van der Waals surface area (Å²) in [6.45, 7) is 0. The summed E-state index contributed by atoms with van der Waals surface area (Å²) in [7, 11) is 1.50. The molecule has 1 saturated carbocycles. The van der Waals surface area contributed by atoms with Gasteiger partial charge >= 0.3 is 5.97 Å². The molecule has 1 aliphatic carbocycles. The van der Waals surface area contributed by atoms with Crippen molar-refractivity contribution >= 4 is 18.1 Å². The number of carbonyl (C=O) groups excluding carboxylic acids is 1. The van der Waals surface area contributed by atoms with Crippen molar-refractivity contribution in [3.05, 3.63) is 23.8 Å². The first kappa shape index (κ1) is 13.9. The maximum absolute atomic E-state index is 11.6. The van der Waals surface area contributed by atoms with Gasteiger partial charge in [-0.2, -0.15) is 5.10 Å². The van der Waals surface area contributed by atoms with E-state index in [1.165, 1.54) is 13.3 Å². The van der Waals surface area contributed by atoms with Crippen molar-refractivity contribution in [2.24, 2.45) is 27.6 Å². The van der Waals surface area contributed by atoms with E-state index in [1.54, 1.807) is 18.2 Å². The Morgan fingerprint density at radius 2 is 2.10 bits per heavy atom. The van der Waals surface area contributed by atoms with Crippen LogP contribution in [-0.4, -0.2) is 25.3 Å². The van der Waals surface area contributed by atoms with Gasteiger partial charge in [0.2, 0.25) is 5.96 Å². The lowest BCUT2D eigenvalue weighted by molar-refractivity contribution is -0.135. The Labute approximate surface area is 116 Å². The monoisotopic (exact) mass is 276 g/mol. The molecular weight excluding hydrogens is 260 g/mol. The number of benzene rings is 1. The van der Waals surface area contributed by atoms with E-state index >= 15 is 0 Å². The molecule has 7 nitrogen and oxygen atoms in total. The van der Waals surface area contributed by atoms with Crippen molar-refractivity contribution in [1.82, 2.24) is 0 Å². The summed E-state index contributed by atoms with van der Waals surface area (Å²) in [6, 6.07) is 5.06. The largest absolute Gasteiger partial charge is 0.493 e. The van der Waals surface area contributed by atoms with Crippen LogP contribution in [0.3, 0.4) is 0 Å². The van der Waals surface area contributed by atoms with Gasteiger partial charge in [-0.15, -0.1) is 5.10 Å². The topological polar surface area (TPSA) is 112 Å². The molecule has 7 heteroatoms. The number of guanidine groups is 1. The molecule has 106 valence electrons. The zero-order chi connectivity index (χ0) is 14.5. The Morgan fingerprint density at radius 3 is 2.70 bits per heavy atom. The van der Waals surface area contributed by atoms with Crippen molar-refractivity contribution in [1.29, 1.82) is 0 Å². The number of nitrogens with two attached hydrogens (primary N) is 2. The standard InChI is InChI=1S/C13H16N4O3/c1-19-11-6-8(7-16-17-13(14)15)2-5-10(11)20-12(18)9-3-4-9/h2,5-7,9H,3-4H2,1H3,(H4,14,15,17)/b16-7+. The summed E-state index contributed by atoms with van der Waals surface area (Å²) < 4.78 is 10.5. The molecule has 0 spiro atoms. The number of esters is 1. The maximum atomic E-state index is 11.6. The molecule has 4 N–H and O–H groups in total. The molecule has 0 amide bonds. The van der Waals surface area contributed by atoms with E-state index in [2.05, 4.69) is 10.2 Å². The number of rotatable bonds is 5. The first-order chi connectivity index (χ1) is 9.60. The normalized spacial score (nSPS) is 14.1. The van der Waals surface area contributed by atoms with Gasteiger partial charge < -0.3 is 20.9 Å². The molecule has 2 rings (SSSR count). The van der Waals surface area contributed by atoms with Gasteiger partial charge in [0.15, 0.2) is 11.5 Å². The second-order valence-electron chi connectivity index (χ2n) is 4.38. The number of carbonyl (C=O) groups is 1. The van der Waals surface area contributed by atoms with Gasteiger partial charge in [-0.1, -0.05) is 0 Å². The molecular formula is C13H16N4O3. The fraction of sp³-hybridized carbons (Fsp3) is 0.308. The zero-order valence-corrected chi connectivity index (χ0v) is 11.1. The molecule has 1 aliphatic rings. The molecule has 0 saturated heterocycles. The second kappa shape index (κ2) is 6.05. The number of methoxy groups -OCH3 is 1. The van der Waals surface area contributed by atoms with Gasteiger partial charge in [-0.05, 0) is 36.6 Å². The molecule has 0 bridgehead atoms. The molecule has 20 heavy (non-hydrogen) atoms. The fourth-order valence-electron chi connectivity index (χ4n) is 1.52. The Hall–Kier alpha value is -2.57. The van der Waals surface area contributed by atoms with Crippen LogP contribution in [0.4, 0.5) is 0 Å². The van der Waals surface area contributed by atoms with Crippen LogP contribution >= 0.6 is 0 Å². The van der Waals surface area contributed by atoms with Crippen LogP contribution in [0.1, 0.15) is 18.4 Å². The molecule has 1 aromatic carbocycles. The van der Waals surface area contributed by atoms with Crippen LogP contribution in [0.2, 0.25) is 0 Å². The maximum Gasteiger partial charge on any atom is 0.314 e. The minimum absolute atomic E-state index is 0.0304. The SMILES string of the molecule is COc1cc(/C=N/N=C(N)N)ccc1OC(=O)C1CC1. The highest BCUT2D eigenvalue weighted by Crippen LogP contribution is 2.34. The predicted molar refractivity (Wildman–Crippen MR) is 74.8 cm³/mol. The third kappa shape index (κ3) is 3.71. The van der Waals surface area contributed by atoms with Crippen molar-refractivity contribution in [3.8, 4) is 11.5 Å². The van der Waals surface area contributed by atoms with Gasteiger partial charge in [0.25, 0.3) is 0 Å². The summed E-state index contributed by atoms with van der Waals surface area (Å²) >= 11 is 0. The lowest BCUT2D eigenvalue weighted by atomic mass is 10.2. The summed E-state index contributed by atoms with van der Waals surface area (Å²) in [6.07, 6.45) is 3.25. The van der Waals surface area contributed by atoms with Crippen molar-refractivity contribution in [3.63, 3.8) is 0 Å². The highest BCUT2D eigenvalue weighted by molar-refractivity contribution is 5.83. The quantitative estimate of drug-likeness (QED) is 0.269. The number of hydrogen-bond acceptors (Lipinski definition) is 5. The summed E-state index contributed by atoms with van der Waals surface area (Å²) in [5.41, 5.74) is 11.0. The van der Waals surface area contributed by atoms with Crippen molar-refractivity contribution < 1.29 is 14.3 Å². The van der Waals surface area contributed by atoms with Crippen LogP contribution in [0.25, 0.3) is 0 Å². The third-order valence-corrected chi connectivity index (χ3v) is 2.69. The smallest absolute Gasteiger partial charge is 0.314 e. The van der Waals surface area contributed by atoms with E-state index in [0.717, 1.165) is 18.4 Å². The summed E-state index contributed by atoms with van der Waals surface area (Å²) in [4.78, 5) is 11.6.